The molecule has 2 heterocycles. The van der Waals surface area contributed by atoms with Crippen LogP contribution < -0.4 is 10.2 Å². The molecule has 2 aliphatic carbocycles. The zero-order valence-corrected chi connectivity index (χ0v) is 27.4. The minimum absolute atomic E-state index is 0.0278. The average molecular weight is 606 g/mol. The molecule has 1 aromatic heterocycles. The van der Waals surface area contributed by atoms with Gasteiger partial charge in [-0.15, -0.1) is 0 Å². The van der Waals surface area contributed by atoms with Crippen LogP contribution in [-0.4, -0.2) is 58.0 Å². The average Bonchev–Trinajstić information content (AvgIpc) is 3.63. The molecule has 9 nitrogen and oxygen atoms in total. The Hall–Kier alpha value is -3.49. The molecule has 240 valence electrons. The first-order valence-electron chi connectivity index (χ1n) is 17.0. The van der Waals surface area contributed by atoms with Gasteiger partial charge in [-0.3, -0.25) is 14.4 Å². The lowest BCUT2D eigenvalue weighted by Crippen LogP contribution is -2.32. The van der Waals surface area contributed by atoms with Gasteiger partial charge in [-0.2, -0.15) is 5.10 Å². The van der Waals surface area contributed by atoms with E-state index in [0.717, 1.165) is 77.3 Å². The van der Waals surface area contributed by atoms with Crippen LogP contribution in [0.3, 0.4) is 0 Å². The first-order valence-corrected chi connectivity index (χ1v) is 17.0. The van der Waals surface area contributed by atoms with Crippen LogP contribution in [-0.2, 0) is 14.4 Å². The summed E-state index contributed by atoms with van der Waals surface area (Å²) in [5, 5.41) is 20.6. The van der Waals surface area contributed by atoms with Crippen LogP contribution in [0.1, 0.15) is 117 Å². The predicted octanol–water partition coefficient (Wildman–Crippen LogP) is 7.20. The van der Waals surface area contributed by atoms with E-state index >= 15 is 0 Å². The number of aliphatic hydroxyl groups excluding tert-OH is 1. The molecule has 1 fully saturated rings. The number of aliphatic hydroxyl groups is 1. The van der Waals surface area contributed by atoms with E-state index in [9.17, 15) is 19.5 Å². The molecule has 2 N–H and O–H groups in total. The number of unbranched alkanes of at least 4 members (excludes halogenated alkanes) is 2. The van der Waals surface area contributed by atoms with Crippen LogP contribution in [0.2, 0.25) is 0 Å². The number of pyridine rings is 1. The van der Waals surface area contributed by atoms with E-state index in [1.165, 1.54) is 5.01 Å². The Bertz CT molecular complexity index is 1320. The molecule has 2 amide bonds. The standard InChI is InChI=1S/C35H51N5O4/c1-6-11-15-23(8-3)22-40-35(44)30(26(38-40)18-12-7-2)31-32(42)29(33(31)43)25-19-20-27(39(9-4)10-5)36-34(25)37-28(41)21-24-16-13-14-17-24/h19-20,23-24,42H,6-18,21-22H2,1-5H3,(H,36,37,41)/b31-30+. The summed E-state index contributed by atoms with van der Waals surface area (Å²) in [5.74, 6) is 0.510. The Morgan fingerprint density at radius 3 is 2.34 bits per heavy atom. The zero-order valence-electron chi connectivity index (χ0n) is 27.4. The quantitative estimate of drug-likeness (QED) is 0.193. The smallest absolute Gasteiger partial charge is 0.276 e. The van der Waals surface area contributed by atoms with Crippen molar-refractivity contribution in [2.45, 2.75) is 112 Å². The van der Waals surface area contributed by atoms with Crippen LogP contribution in [0.25, 0.3) is 5.57 Å². The summed E-state index contributed by atoms with van der Waals surface area (Å²) in [4.78, 5) is 47.5. The number of carbonyl (C=O) groups is 3. The lowest BCUT2D eigenvalue weighted by atomic mass is 9.79. The Kier molecular flexibility index (Phi) is 11.8. The molecular weight excluding hydrogens is 554 g/mol. The second kappa shape index (κ2) is 15.5. The van der Waals surface area contributed by atoms with Crippen molar-refractivity contribution < 1.29 is 19.5 Å². The molecule has 0 radical (unpaired) electrons. The number of carbonyl (C=O) groups excluding carboxylic acids is 3. The minimum atomic E-state index is -0.418. The van der Waals surface area contributed by atoms with Crippen molar-refractivity contribution in [3.05, 3.63) is 34.6 Å². The molecule has 0 aromatic carbocycles. The minimum Gasteiger partial charge on any atom is -0.506 e. The third kappa shape index (κ3) is 7.24. The molecule has 0 saturated heterocycles. The molecule has 1 saturated carbocycles. The molecule has 1 unspecified atom stereocenters. The molecule has 0 spiro atoms. The fraction of sp³-hybridized carbons (Fsp3) is 0.629. The SMILES string of the molecule is CCCCC1=NN(CC(CC)CCCC)C(=O)/C1=C1/C(=O)C(c2ccc(N(CC)CC)nc2NC(=O)CC2CCCC2)=C1O. The number of hydrogen-bond donors (Lipinski definition) is 2. The van der Waals surface area contributed by atoms with Crippen molar-refractivity contribution in [2.24, 2.45) is 16.9 Å². The fourth-order valence-corrected chi connectivity index (χ4v) is 6.56. The van der Waals surface area contributed by atoms with Gasteiger partial charge in [0.15, 0.2) is 0 Å². The molecular formula is C35H51N5O4. The second-order valence-electron chi connectivity index (χ2n) is 12.4. The van der Waals surface area contributed by atoms with Gasteiger partial charge in [0.1, 0.15) is 17.4 Å². The third-order valence-electron chi connectivity index (χ3n) is 9.34. The number of hydrogen-bond acceptors (Lipinski definition) is 7. The maximum atomic E-state index is 13.8. The molecule has 0 bridgehead atoms. The van der Waals surface area contributed by atoms with Crippen molar-refractivity contribution in [2.75, 3.05) is 29.9 Å². The van der Waals surface area contributed by atoms with E-state index in [0.29, 0.717) is 48.3 Å². The van der Waals surface area contributed by atoms with E-state index in [2.05, 4.69) is 31.0 Å². The fourth-order valence-electron chi connectivity index (χ4n) is 6.56. The highest BCUT2D eigenvalue weighted by Crippen LogP contribution is 2.43. The maximum Gasteiger partial charge on any atom is 0.276 e. The van der Waals surface area contributed by atoms with Gasteiger partial charge in [-0.05, 0) is 69.9 Å². The van der Waals surface area contributed by atoms with E-state index in [1.54, 1.807) is 6.07 Å². The van der Waals surface area contributed by atoms with Crippen molar-refractivity contribution in [1.82, 2.24) is 9.99 Å². The Labute approximate surface area is 262 Å². The van der Waals surface area contributed by atoms with Crippen molar-refractivity contribution in [3.63, 3.8) is 0 Å². The molecule has 4 rings (SSSR count). The number of nitrogens with one attached hydrogen (secondary N) is 1. The number of Topliss-reactive ketones (excluding diaryl/α,β-unsaturated/α-hetero) is 1. The van der Waals surface area contributed by atoms with Crippen molar-refractivity contribution in [1.29, 1.82) is 0 Å². The second-order valence-corrected chi connectivity index (χ2v) is 12.4. The number of hydrazone groups is 1. The Morgan fingerprint density at radius 1 is 1.02 bits per heavy atom. The summed E-state index contributed by atoms with van der Waals surface area (Å²) in [5.41, 5.74) is 1.26. The lowest BCUT2D eigenvalue weighted by molar-refractivity contribution is -0.126. The first kappa shape index (κ1) is 33.4. The lowest BCUT2D eigenvalue weighted by Gasteiger charge is -2.26. The normalized spacial score (nSPS) is 19.5. The topological polar surface area (TPSA) is 115 Å². The van der Waals surface area contributed by atoms with Gasteiger partial charge in [-0.1, -0.05) is 59.3 Å². The monoisotopic (exact) mass is 605 g/mol. The van der Waals surface area contributed by atoms with Gasteiger partial charge in [-0.25, -0.2) is 9.99 Å². The van der Waals surface area contributed by atoms with E-state index < -0.39 is 5.78 Å². The molecule has 3 aliphatic rings. The van der Waals surface area contributed by atoms with Crippen molar-refractivity contribution in [3.8, 4) is 0 Å². The number of rotatable bonds is 16. The summed E-state index contributed by atoms with van der Waals surface area (Å²) in [7, 11) is 0. The van der Waals surface area contributed by atoms with E-state index in [1.807, 2.05) is 19.9 Å². The number of aromatic nitrogens is 1. The summed E-state index contributed by atoms with van der Waals surface area (Å²) in [6.45, 7) is 12.4. The number of amides is 2. The summed E-state index contributed by atoms with van der Waals surface area (Å²) < 4.78 is 0. The zero-order chi connectivity index (χ0) is 31.8. The molecule has 9 heteroatoms. The highest BCUT2D eigenvalue weighted by atomic mass is 16.3. The Balaban J connectivity index is 1.70. The molecule has 1 atom stereocenters. The van der Waals surface area contributed by atoms with Gasteiger partial charge < -0.3 is 15.3 Å². The Morgan fingerprint density at radius 2 is 1.73 bits per heavy atom. The van der Waals surface area contributed by atoms with Crippen LogP contribution in [0.15, 0.2) is 34.1 Å². The van der Waals surface area contributed by atoms with Gasteiger partial charge in [0.2, 0.25) is 11.7 Å². The van der Waals surface area contributed by atoms with Crippen LogP contribution in [0.5, 0.6) is 0 Å². The largest absolute Gasteiger partial charge is 0.506 e. The maximum absolute atomic E-state index is 13.8. The van der Waals surface area contributed by atoms with Gasteiger partial charge in [0.05, 0.1) is 22.4 Å². The van der Waals surface area contributed by atoms with Crippen molar-refractivity contribution >= 4 is 40.5 Å². The highest BCUT2D eigenvalue weighted by Gasteiger charge is 2.44. The van der Waals surface area contributed by atoms with E-state index in [-0.39, 0.29) is 40.1 Å². The summed E-state index contributed by atoms with van der Waals surface area (Å²) >= 11 is 0. The predicted molar refractivity (Wildman–Crippen MR) is 177 cm³/mol. The number of ketones is 1. The van der Waals surface area contributed by atoms with Gasteiger partial charge in [0.25, 0.3) is 5.91 Å². The highest BCUT2D eigenvalue weighted by molar-refractivity contribution is 6.44. The number of allylic oxidation sites excluding steroid dienone is 2. The summed E-state index contributed by atoms with van der Waals surface area (Å²) in [6, 6.07) is 3.55. The summed E-state index contributed by atoms with van der Waals surface area (Å²) in [6.07, 6.45) is 11.2. The van der Waals surface area contributed by atoms with Gasteiger partial charge in [0, 0.05) is 31.6 Å². The number of nitrogens with zero attached hydrogens (tertiary/aromatic N) is 4. The molecule has 44 heavy (non-hydrogen) atoms. The molecule has 1 aliphatic heterocycles. The number of anilines is 2. The van der Waals surface area contributed by atoms with Crippen LogP contribution in [0.4, 0.5) is 11.6 Å². The van der Waals surface area contributed by atoms with Gasteiger partial charge >= 0.3 is 0 Å². The first-order chi connectivity index (χ1) is 21.3. The molecule has 1 aromatic rings. The van der Waals surface area contributed by atoms with Crippen LogP contribution in [0, 0.1) is 11.8 Å². The van der Waals surface area contributed by atoms with Crippen LogP contribution >= 0.6 is 0 Å². The van der Waals surface area contributed by atoms with E-state index in [4.69, 9.17) is 10.1 Å². The third-order valence-corrected chi connectivity index (χ3v) is 9.34.